The van der Waals surface area contributed by atoms with Crippen molar-refractivity contribution in [3.63, 3.8) is 0 Å². The van der Waals surface area contributed by atoms with E-state index in [1.807, 2.05) is 0 Å². The van der Waals surface area contributed by atoms with Gasteiger partial charge in [0.05, 0.1) is 0 Å². The monoisotopic (exact) mass is 170 g/mol. The maximum absolute atomic E-state index is 8.55. The fourth-order valence-corrected chi connectivity index (χ4v) is 1.22. The highest BCUT2D eigenvalue weighted by atomic mass is 16.2. The lowest BCUT2D eigenvalue weighted by atomic mass is 10.0. The Bertz CT molecular complexity index is 108. The van der Waals surface area contributed by atoms with Crippen LogP contribution in [0.3, 0.4) is 0 Å². The Morgan fingerprint density at radius 1 is 1.08 bits per heavy atom. The van der Waals surface area contributed by atoms with E-state index in [0.29, 0.717) is 6.61 Å². The van der Waals surface area contributed by atoms with Crippen molar-refractivity contribution in [2.45, 2.75) is 51.9 Å². The second-order valence-electron chi connectivity index (χ2n) is 3.39. The lowest BCUT2D eigenvalue weighted by molar-refractivity contribution is 0.283. The van der Waals surface area contributed by atoms with E-state index in [0.717, 1.165) is 19.3 Å². The Kier molecular flexibility index (Phi) is 8.57. The third kappa shape index (κ3) is 7.80. The third-order valence-electron chi connectivity index (χ3n) is 2.07. The summed E-state index contributed by atoms with van der Waals surface area (Å²) in [6.45, 7) is 6.57. The minimum absolute atomic E-state index is 0.335. The van der Waals surface area contributed by atoms with Crippen molar-refractivity contribution in [3.05, 3.63) is 12.2 Å². The maximum Gasteiger partial charge on any atom is 0.0431 e. The molecule has 1 heteroatoms. The van der Waals surface area contributed by atoms with Crippen molar-refractivity contribution >= 4 is 0 Å². The van der Waals surface area contributed by atoms with Crippen LogP contribution in [0.15, 0.2) is 12.2 Å². The van der Waals surface area contributed by atoms with Crippen LogP contribution in [0.2, 0.25) is 0 Å². The Morgan fingerprint density at radius 3 is 2.33 bits per heavy atom. The van der Waals surface area contributed by atoms with Gasteiger partial charge < -0.3 is 5.11 Å². The van der Waals surface area contributed by atoms with Crippen LogP contribution < -0.4 is 0 Å². The first-order chi connectivity index (χ1) is 5.81. The molecule has 0 fully saturated rings. The van der Waals surface area contributed by atoms with E-state index >= 15 is 0 Å². The number of hydrogen-bond acceptors (Lipinski definition) is 1. The first kappa shape index (κ1) is 11.7. The Balaban J connectivity index is 3.08. The highest BCUT2D eigenvalue weighted by Crippen LogP contribution is 2.13. The zero-order valence-electron chi connectivity index (χ0n) is 8.31. The van der Waals surface area contributed by atoms with Gasteiger partial charge in [0.2, 0.25) is 0 Å². The van der Waals surface area contributed by atoms with Crippen LogP contribution >= 0.6 is 0 Å². The van der Waals surface area contributed by atoms with Gasteiger partial charge in [0.15, 0.2) is 0 Å². The smallest absolute Gasteiger partial charge is 0.0431 e. The van der Waals surface area contributed by atoms with Crippen LogP contribution in [-0.4, -0.2) is 11.7 Å². The van der Waals surface area contributed by atoms with Crippen molar-refractivity contribution in [1.29, 1.82) is 0 Å². The minimum Gasteiger partial charge on any atom is -0.396 e. The Hall–Kier alpha value is -0.300. The SMILES string of the molecule is C=C(CCCC)CCCCCO. The molecule has 12 heavy (non-hydrogen) atoms. The average molecular weight is 170 g/mol. The molecule has 0 aliphatic heterocycles. The molecule has 0 saturated heterocycles. The minimum atomic E-state index is 0.335. The molecule has 0 aliphatic rings. The summed E-state index contributed by atoms with van der Waals surface area (Å²) >= 11 is 0. The lowest BCUT2D eigenvalue weighted by Gasteiger charge is -2.03. The molecule has 0 aliphatic carbocycles. The molecule has 1 nitrogen and oxygen atoms in total. The van der Waals surface area contributed by atoms with Gasteiger partial charge in [0.1, 0.15) is 0 Å². The zero-order chi connectivity index (χ0) is 9.23. The van der Waals surface area contributed by atoms with Gasteiger partial charge in [0.25, 0.3) is 0 Å². The van der Waals surface area contributed by atoms with Crippen LogP contribution in [0.25, 0.3) is 0 Å². The summed E-state index contributed by atoms with van der Waals surface area (Å²) in [4.78, 5) is 0. The van der Waals surface area contributed by atoms with E-state index < -0.39 is 0 Å². The van der Waals surface area contributed by atoms with Crippen molar-refractivity contribution < 1.29 is 5.11 Å². The highest BCUT2D eigenvalue weighted by Gasteiger charge is 1.94. The van der Waals surface area contributed by atoms with Crippen LogP contribution in [0.1, 0.15) is 51.9 Å². The summed E-state index contributed by atoms with van der Waals surface area (Å²) in [7, 11) is 0. The van der Waals surface area contributed by atoms with Gasteiger partial charge in [-0.15, -0.1) is 0 Å². The quantitative estimate of drug-likeness (QED) is 0.438. The van der Waals surface area contributed by atoms with Crippen molar-refractivity contribution in [2.24, 2.45) is 0 Å². The van der Waals surface area contributed by atoms with E-state index in [1.54, 1.807) is 0 Å². The number of unbranched alkanes of at least 4 members (excludes halogenated alkanes) is 3. The summed E-state index contributed by atoms with van der Waals surface area (Å²) < 4.78 is 0. The van der Waals surface area contributed by atoms with Crippen LogP contribution in [0.5, 0.6) is 0 Å². The molecule has 0 aromatic heterocycles. The molecule has 0 amide bonds. The standard InChI is InChI=1S/C11H22O/c1-3-4-8-11(2)9-6-5-7-10-12/h12H,2-10H2,1H3. The first-order valence-corrected chi connectivity index (χ1v) is 5.08. The molecule has 0 unspecified atom stereocenters. The molecule has 0 radical (unpaired) electrons. The second kappa shape index (κ2) is 8.79. The third-order valence-corrected chi connectivity index (χ3v) is 2.07. The van der Waals surface area contributed by atoms with Crippen molar-refractivity contribution in [2.75, 3.05) is 6.61 Å². The van der Waals surface area contributed by atoms with E-state index in [4.69, 9.17) is 5.11 Å². The molecule has 72 valence electrons. The molecule has 0 heterocycles. The summed E-state index contributed by atoms with van der Waals surface area (Å²) in [5.74, 6) is 0. The van der Waals surface area contributed by atoms with Gasteiger partial charge in [-0.2, -0.15) is 0 Å². The number of allylic oxidation sites excluding steroid dienone is 1. The van der Waals surface area contributed by atoms with Gasteiger partial charge in [-0.3, -0.25) is 0 Å². The molecule has 0 rings (SSSR count). The summed E-state index contributed by atoms with van der Waals surface area (Å²) in [5, 5.41) is 8.55. The first-order valence-electron chi connectivity index (χ1n) is 5.08. The van der Waals surface area contributed by atoms with Crippen molar-refractivity contribution in [1.82, 2.24) is 0 Å². The van der Waals surface area contributed by atoms with Gasteiger partial charge in [-0.1, -0.05) is 31.9 Å². The number of aliphatic hydroxyl groups is 1. The average Bonchev–Trinajstić information content (AvgIpc) is 2.09. The molecule has 0 bridgehead atoms. The molecule has 1 N–H and O–H groups in total. The maximum atomic E-state index is 8.55. The lowest BCUT2D eigenvalue weighted by Crippen LogP contribution is -1.86. The molecule has 0 aromatic carbocycles. The largest absolute Gasteiger partial charge is 0.396 e. The van der Waals surface area contributed by atoms with Crippen molar-refractivity contribution in [3.8, 4) is 0 Å². The summed E-state index contributed by atoms with van der Waals surface area (Å²) in [6, 6.07) is 0. The molecular weight excluding hydrogens is 148 g/mol. The fourth-order valence-electron chi connectivity index (χ4n) is 1.22. The predicted molar refractivity (Wildman–Crippen MR) is 54.2 cm³/mol. The van der Waals surface area contributed by atoms with Crippen LogP contribution in [0, 0.1) is 0 Å². The van der Waals surface area contributed by atoms with E-state index in [9.17, 15) is 0 Å². The van der Waals surface area contributed by atoms with Gasteiger partial charge in [0, 0.05) is 6.61 Å². The van der Waals surface area contributed by atoms with Gasteiger partial charge >= 0.3 is 0 Å². The number of rotatable bonds is 8. The summed E-state index contributed by atoms with van der Waals surface area (Å²) in [5.41, 5.74) is 1.38. The Labute approximate surface area is 76.5 Å². The normalized spacial score (nSPS) is 10.2. The van der Waals surface area contributed by atoms with Gasteiger partial charge in [-0.05, 0) is 32.1 Å². The molecular formula is C11H22O. The predicted octanol–water partition coefficient (Wildman–Crippen LogP) is 3.29. The molecule has 0 atom stereocenters. The zero-order valence-corrected chi connectivity index (χ0v) is 8.31. The second-order valence-corrected chi connectivity index (χ2v) is 3.39. The fraction of sp³-hybridized carbons (Fsp3) is 0.818. The topological polar surface area (TPSA) is 20.2 Å². The highest BCUT2D eigenvalue weighted by molar-refractivity contribution is 4.93. The van der Waals surface area contributed by atoms with Gasteiger partial charge in [-0.25, -0.2) is 0 Å². The van der Waals surface area contributed by atoms with E-state index in [1.165, 1.54) is 31.3 Å². The van der Waals surface area contributed by atoms with E-state index in [2.05, 4.69) is 13.5 Å². The molecule has 0 aromatic rings. The molecule has 0 saturated carbocycles. The van der Waals surface area contributed by atoms with Crippen LogP contribution in [-0.2, 0) is 0 Å². The summed E-state index contributed by atoms with van der Waals surface area (Å²) in [6.07, 6.45) is 8.16. The van der Waals surface area contributed by atoms with E-state index in [-0.39, 0.29) is 0 Å². The van der Waals surface area contributed by atoms with Crippen LogP contribution in [0.4, 0.5) is 0 Å². The number of hydrogen-bond donors (Lipinski definition) is 1. The number of aliphatic hydroxyl groups excluding tert-OH is 1. The molecule has 0 spiro atoms. The Morgan fingerprint density at radius 2 is 1.75 bits per heavy atom.